The second-order valence-electron chi connectivity index (χ2n) is 4.85. The van der Waals surface area contributed by atoms with E-state index in [2.05, 4.69) is 5.32 Å². The average Bonchev–Trinajstić information content (AvgIpc) is 2.92. The van der Waals surface area contributed by atoms with E-state index in [4.69, 9.17) is 16.0 Å². The maximum Gasteiger partial charge on any atom is 0.255 e. The summed E-state index contributed by atoms with van der Waals surface area (Å²) in [6.07, 6.45) is 2.92. The maximum atomic E-state index is 12.1. The van der Waals surface area contributed by atoms with Crippen molar-refractivity contribution in [2.24, 2.45) is 0 Å². The van der Waals surface area contributed by atoms with Crippen LogP contribution in [0.3, 0.4) is 0 Å². The molecule has 5 heteroatoms. The number of likely N-dealkylation sites (N-methyl/N-ethyl adjacent to an activating group) is 1. The van der Waals surface area contributed by atoms with Crippen LogP contribution in [0.25, 0.3) is 0 Å². The number of rotatable bonds is 5. The Hall–Kier alpha value is -1.78. The molecule has 0 spiro atoms. The molecule has 1 aromatic carbocycles. The van der Waals surface area contributed by atoms with Gasteiger partial charge in [0.25, 0.3) is 5.91 Å². The molecule has 0 saturated heterocycles. The van der Waals surface area contributed by atoms with Crippen molar-refractivity contribution < 1.29 is 9.21 Å². The summed E-state index contributed by atoms with van der Waals surface area (Å²) in [5.41, 5.74) is 1.53. The van der Waals surface area contributed by atoms with Crippen molar-refractivity contribution in [3.63, 3.8) is 0 Å². The molecule has 2 rings (SSSR count). The van der Waals surface area contributed by atoms with Crippen molar-refractivity contribution in [2.75, 3.05) is 20.6 Å². The molecule has 0 bridgehead atoms. The molecule has 0 aliphatic heterocycles. The zero-order valence-corrected chi connectivity index (χ0v) is 12.2. The lowest BCUT2D eigenvalue weighted by molar-refractivity contribution is 0.0929. The minimum absolute atomic E-state index is 0.107. The van der Waals surface area contributed by atoms with Gasteiger partial charge in [0.2, 0.25) is 0 Å². The van der Waals surface area contributed by atoms with Gasteiger partial charge in [-0.1, -0.05) is 23.7 Å². The lowest BCUT2D eigenvalue weighted by Gasteiger charge is -2.22. The van der Waals surface area contributed by atoms with Gasteiger partial charge >= 0.3 is 0 Å². The predicted octanol–water partition coefficient (Wildman–Crippen LogP) is 2.97. The number of hydrogen-bond acceptors (Lipinski definition) is 3. The Bertz CT molecular complexity index is 550. The first-order valence-corrected chi connectivity index (χ1v) is 6.67. The highest BCUT2D eigenvalue weighted by Gasteiger charge is 2.17. The highest BCUT2D eigenvalue weighted by molar-refractivity contribution is 6.30. The van der Waals surface area contributed by atoms with E-state index >= 15 is 0 Å². The third kappa shape index (κ3) is 3.85. The molecule has 0 saturated carbocycles. The Labute approximate surface area is 123 Å². The fourth-order valence-electron chi connectivity index (χ4n) is 1.93. The quantitative estimate of drug-likeness (QED) is 0.921. The Morgan fingerprint density at radius 2 is 2.00 bits per heavy atom. The summed E-state index contributed by atoms with van der Waals surface area (Å²) in [6.45, 7) is 0.700. The standard InChI is InChI=1S/C15H17ClN2O2/c1-18(2)9-14(11-3-5-13(16)6-4-11)17-15(19)12-7-8-20-10-12/h3-8,10,14H,9H2,1-2H3,(H,17,19)/t14-/m0/s1. The second kappa shape index (κ2) is 6.59. The van der Waals surface area contributed by atoms with E-state index in [1.165, 1.54) is 12.5 Å². The first-order chi connectivity index (χ1) is 9.56. The lowest BCUT2D eigenvalue weighted by atomic mass is 10.1. The molecule has 1 N–H and O–H groups in total. The molecule has 0 aliphatic carbocycles. The molecule has 0 aliphatic rings. The van der Waals surface area contributed by atoms with Crippen LogP contribution in [0.4, 0.5) is 0 Å². The van der Waals surface area contributed by atoms with E-state index in [1.807, 2.05) is 43.3 Å². The SMILES string of the molecule is CN(C)C[C@H](NC(=O)c1ccoc1)c1ccc(Cl)cc1. The van der Waals surface area contributed by atoms with Crippen LogP contribution < -0.4 is 5.32 Å². The molecule has 0 radical (unpaired) electrons. The molecule has 1 amide bonds. The zero-order chi connectivity index (χ0) is 14.5. The number of halogens is 1. The molecule has 0 fully saturated rings. The minimum atomic E-state index is -0.152. The number of amides is 1. The molecule has 106 valence electrons. The number of nitrogens with one attached hydrogen (secondary N) is 1. The number of carbonyl (C=O) groups excluding carboxylic acids is 1. The van der Waals surface area contributed by atoms with E-state index in [1.54, 1.807) is 6.07 Å². The number of furan rings is 1. The van der Waals surface area contributed by atoms with Gasteiger partial charge < -0.3 is 14.6 Å². The van der Waals surface area contributed by atoms with E-state index in [9.17, 15) is 4.79 Å². The Kier molecular flexibility index (Phi) is 4.82. The largest absolute Gasteiger partial charge is 0.472 e. The maximum absolute atomic E-state index is 12.1. The van der Waals surface area contributed by atoms with Crippen molar-refractivity contribution in [3.05, 3.63) is 59.0 Å². The molecule has 1 atom stereocenters. The summed E-state index contributed by atoms with van der Waals surface area (Å²) in [5.74, 6) is -0.152. The van der Waals surface area contributed by atoms with Crippen molar-refractivity contribution in [2.45, 2.75) is 6.04 Å². The lowest BCUT2D eigenvalue weighted by Crippen LogP contribution is -2.35. The van der Waals surface area contributed by atoms with Crippen molar-refractivity contribution >= 4 is 17.5 Å². The molecule has 1 heterocycles. The molecular formula is C15H17ClN2O2. The van der Waals surface area contributed by atoms with Crippen LogP contribution in [0.2, 0.25) is 5.02 Å². The van der Waals surface area contributed by atoms with Crippen LogP contribution in [0, 0.1) is 0 Å². The van der Waals surface area contributed by atoms with Gasteiger partial charge in [-0.3, -0.25) is 4.79 Å². The fraction of sp³-hybridized carbons (Fsp3) is 0.267. The van der Waals surface area contributed by atoms with Gasteiger partial charge in [0, 0.05) is 11.6 Å². The van der Waals surface area contributed by atoms with Crippen molar-refractivity contribution in [3.8, 4) is 0 Å². The smallest absolute Gasteiger partial charge is 0.255 e. The zero-order valence-electron chi connectivity index (χ0n) is 11.5. The summed E-state index contributed by atoms with van der Waals surface area (Å²) in [6, 6.07) is 9.03. The Balaban J connectivity index is 2.15. The topological polar surface area (TPSA) is 45.5 Å². The van der Waals surface area contributed by atoms with Crippen LogP contribution in [0.5, 0.6) is 0 Å². The van der Waals surface area contributed by atoms with Gasteiger partial charge in [-0.2, -0.15) is 0 Å². The van der Waals surface area contributed by atoms with Gasteiger partial charge in [-0.15, -0.1) is 0 Å². The van der Waals surface area contributed by atoms with E-state index in [-0.39, 0.29) is 11.9 Å². The van der Waals surface area contributed by atoms with Gasteiger partial charge in [-0.05, 0) is 37.9 Å². The van der Waals surface area contributed by atoms with E-state index in [0.29, 0.717) is 17.1 Å². The third-order valence-electron chi connectivity index (χ3n) is 2.91. The summed E-state index contributed by atoms with van der Waals surface area (Å²) in [5, 5.41) is 3.68. The van der Waals surface area contributed by atoms with E-state index < -0.39 is 0 Å². The fourth-order valence-corrected chi connectivity index (χ4v) is 2.06. The van der Waals surface area contributed by atoms with Crippen LogP contribution in [-0.2, 0) is 0 Å². The Morgan fingerprint density at radius 1 is 1.30 bits per heavy atom. The molecule has 20 heavy (non-hydrogen) atoms. The van der Waals surface area contributed by atoms with Gasteiger partial charge in [0.05, 0.1) is 17.9 Å². The normalized spacial score (nSPS) is 12.4. The molecule has 1 aromatic heterocycles. The van der Waals surface area contributed by atoms with Crippen LogP contribution in [0.15, 0.2) is 47.3 Å². The summed E-state index contributed by atoms with van der Waals surface area (Å²) < 4.78 is 4.93. The summed E-state index contributed by atoms with van der Waals surface area (Å²) >= 11 is 5.90. The van der Waals surface area contributed by atoms with Gasteiger partial charge in [0.1, 0.15) is 6.26 Å². The predicted molar refractivity (Wildman–Crippen MR) is 78.9 cm³/mol. The first kappa shape index (κ1) is 14.6. The van der Waals surface area contributed by atoms with Crippen molar-refractivity contribution in [1.29, 1.82) is 0 Å². The summed E-state index contributed by atoms with van der Waals surface area (Å²) in [4.78, 5) is 14.1. The van der Waals surface area contributed by atoms with Gasteiger partial charge in [-0.25, -0.2) is 0 Å². The molecule has 4 nitrogen and oxygen atoms in total. The number of carbonyl (C=O) groups is 1. The van der Waals surface area contributed by atoms with E-state index in [0.717, 1.165) is 5.56 Å². The number of benzene rings is 1. The number of nitrogens with zero attached hydrogens (tertiary/aromatic N) is 1. The first-order valence-electron chi connectivity index (χ1n) is 6.29. The number of hydrogen-bond donors (Lipinski definition) is 1. The molecular weight excluding hydrogens is 276 g/mol. The van der Waals surface area contributed by atoms with Crippen LogP contribution in [-0.4, -0.2) is 31.4 Å². The van der Waals surface area contributed by atoms with Crippen LogP contribution in [0.1, 0.15) is 22.0 Å². The Morgan fingerprint density at radius 3 is 2.55 bits per heavy atom. The highest BCUT2D eigenvalue weighted by Crippen LogP contribution is 2.18. The average molecular weight is 293 g/mol. The second-order valence-corrected chi connectivity index (χ2v) is 5.29. The van der Waals surface area contributed by atoms with Crippen molar-refractivity contribution in [1.82, 2.24) is 10.2 Å². The minimum Gasteiger partial charge on any atom is -0.472 e. The monoisotopic (exact) mass is 292 g/mol. The van der Waals surface area contributed by atoms with Crippen LogP contribution >= 0.6 is 11.6 Å². The molecule has 2 aromatic rings. The molecule has 0 unspecified atom stereocenters. The van der Waals surface area contributed by atoms with Gasteiger partial charge in [0.15, 0.2) is 0 Å². The highest BCUT2D eigenvalue weighted by atomic mass is 35.5. The third-order valence-corrected chi connectivity index (χ3v) is 3.16. The summed E-state index contributed by atoms with van der Waals surface area (Å²) in [7, 11) is 3.93.